The Kier molecular flexibility index (Phi) is 2.53. The minimum atomic E-state index is -1.02. The van der Waals surface area contributed by atoms with E-state index in [1.807, 2.05) is 0 Å². The first kappa shape index (κ1) is 9.89. The van der Waals surface area contributed by atoms with Crippen molar-refractivity contribution in [2.45, 2.75) is 25.2 Å². The molecule has 1 saturated carbocycles. The van der Waals surface area contributed by atoms with Crippen molar-refractivity contribution in [1.82, 2.24) is 9.97 Å². The van der Waals surface area contributed by atoms with E-state index in [0.29, 0.717) is 5.69 Å². The van der Waals surface area contributed by atoms with Crippen LogP contribution in [-0.4, -0.2) is 28.2 Å². The molecule has 1 heterocycles. The average molecular weight is 208 g/mol. The smallest absolute Gasteiger partial charge is 0.343 e. The second kappa shape index (κ2) is 3.84. The van der Waals surface area contributed by atoms with Gasteiger partial charge in [0.05, 0.1) is 12.8 Å². The lowest BCUT2D eigenvalue weighted by atomic mass is 9.81. The monoisotopic (exact) mass is 208 g/mol. The normalized spacial score (nSPS) is 15.8. The highest BCUT2D eigenvalue weighted by Crippen LogP contribution is 2.38. The zero-order chi connectivity index (χ0) is 10.8. The van der Waals surface area contributed by atoms with E-state index in [-0.39, 0.29) is 17.4 Å². The number of carbonyl (C=O) groups is 1. The molecule has 15 heavy (non-hydrogen) atoms. The number of aromatic nitrogens is 2. The molecule has 1 aromatic rings. The molecule has 0 unspecified atom stereocenters. The van der Waals surface area contributed by atoms with Crippen LogP contribution in [0.1, 0.15) is 41.2 Å². The largest absolute Gasteiger partial charge is 0.480 e. The second-order valence-electron chi connectivity index (χ2n) is 3.58. The van der Waals surface area contributed by atoms with Crippen LogP contribution >= 0.6 is 0 Å². The first-order valence-electron chi connectivity index (χ1n) is 4.86. The molecule has 0 bridgehead atoms. The summed E-state index contributed by atoms with van der Waals surface area (Å²) in [6.45, 7) is 0. The summed E-state index contributed by atoms with van der Waals surface area (Å²) in [6, 6.07) is 0. The lowest BCUT2D eigenvalue weighted by molar-refractivity contribution is 0.0688. The van der Waals surface area contributed by atoms with Crippen molar-refractivity contribution >= 4 is 5.97 Å². The van der Waals surface area contributed by atoms with Crippen molar-refractivity contribution in [3.05, 3.63) is 17.6 Å². The lowest BCUT2D eigenvalue weighted by Gasteiger charge is -2.25. The van der Waals surface area contributed by atoms with Gasteiger partial charge in [0.25, 0.3) is 0 Å². The summed E-state index contributed by atoms with van der Waals surface area (Å²) >= 11 is 0. The minimum absolute atomic E-state index is 0.115. The number of hydrogen-bond acceptors (Lipinski definition) is 4. The molecule has 0 saturated heterocycles. The van der Waals surface area contributed by atoms with Gasteiger partial charge >= 0.3 is 5.97 Å². The fourth-order valence-corrected chi connectivity index (χ4v) is 1.73. The average Bonchev–Trinajstić information content (AvgIpc) is 2.14. The van der Waals surface area contributed by atoms with E-state index in [4.69, 9.17) is 9.84 Å². The predicted molar refractivity (Wildman–Crippen MR) is 52.1 cm³/mol. The van der Waals surface area contributed by atoms with Gasteiger partial charge in [0.15, 0.2) is 0 Å². The van der Waals surface area contributed by atoms with Crippen molar-refractivity contribution in [1.29, 1.82) is 0 Å². The van der Waals surface area contributed by atoms with E-state index in [2.05, 4.69) is 9.97 Å². The summed E-state index contributed by atoms with van der Waals surface area (Å²) in [5.74, 6) is -0.609. The molecule has 0 atom stereocenters. The molecule has 1 N–H and O–H groups in total. The zero-order valence-corrected chi connectivity index (χ0v) is 8.43. The van der Waals surface area contributed by atoms with E-state index in [9.17, 15) is 4.79 Å². The molecule has 0 spiro atoms. The Morgan fingerprint density at radius 3 is 2.73 bits per heavy atom. The van der Waals surface area contributed by atoms with Crippen molar-refractivity contribution in [2.24, 2.45) is 0 Å². The highest BCUT2D eigenvalue weighted by atomic mass is 16.5. The molecule has 0 aromatic carbocycles. The van der Waals surface area contributed by atoms with Gasteiger partial charge in [-0.3, -0.25) is 0 Å². The molecule has 2 rings (SSSR count). The third-order valence-corrected chi connectivity index (χ3v) is 2.74. The molecule has 0 amide bonds. The summed E-state index contributed by atoms with van der Waals surface area (Å²) in [7, 11) is 1.42. The minimum Gasteiger partial charge on any atom is -0.480 e. The molecule has 1 fully saturated rings. The maximum Gasteiger partial charge on any atom is 0.343 e. The summed E-state index contributed by atoms with van der Waals surface area (Å²) in [6.07, 6.45) is 4.50. The predicted octanol–water partition coefficient (Wildman–Crippen LogP) is 1.45. The molecule has 80 valence electrons. The van der Waals surface area contributed by atoms with Gasteiger partial charge in [-0.15, -0.1) is 0 Å². The van der Waals surface area contributed by atoms with E-state index in [0.717, 1.165) is 19.3 Å². The van der Waals surface area contributed by atoms with Crippen LogP contribution in [0, 0.1) is 0 Å². The number of methoxy groups -OCH3 is 1. The molecule has 5 nitrogen and oxygen atoms in total. The Balaban J connectivity index is 2.47. The van der Waals surface area contributed by atoms with Gasteiger partial charge in [0.2, 0.25) is 5.88 Å². The number of nitrogens with zero attached hydrogens (tertiary/aromatic N) is 2. The van der Waals surface area contributed by atoms with Gasteiger partial charge in [-0.1, -0.05) is 6.42 Å². The van der Waals surface area contributed by atoms with Crippen LogP contribution in [0.2, 0.25) is 0 Å². The van der Waals surface area contributed by atoms with Crippen LogP contribution < -0.4 is 4.74 Å². The lowest BCUT2D eigenvalue weighted by Crippen LogP contribution is -2.17. The number of aromatic carboxylic acids is 1. The van der Waals surface area contributed by atoms with Crippen LogP contribution in [-0.2, 0) is 0 Å². The van der Waals surface area contributed by atoms with Gasteiger partial charge in [-0.2, -0.15) is 0 Å². The van der Waals surface area contributed by atoms with Crippen LogP contribution in [0.3, 0.4) is 0 Å². The van der Waals surface area contributed by atoms with Crippen LogP contribution in [0.5, 0.6) is 5.88 Å². The zero-order valence-electron chi connectivity index (χ0n) is 8.43. The van der Waals surface area contributed by atoms with Crippen molar-refractivity contribution < 1.29 is 14.6 Å². The molecule has 5 heteroatoms. The van der Waals surface area contributed by atoms with Crippen LogP contribution in [0.25, 0.3) is 0 Å². The molecule has 1 aliphatic rings. The summed E-state index contributed by atoms with van der Waals surface area (Å²) in [4.78, 5) is 19.0. The third-order valence-electron chi connectivity index (χ3n) is 2.74. The number of hydrogen-bond donors (Lipinski definition) is 1. The number of carboxylic acids is 1. The number of ether oxygens (including phenoxy) is 1. The van der Waals surface area contributed by atoms with Crippen molar-refractivity contribution in [3.8, 4) is 5.88 Å². The van der Waals surface area contributed by atoms with E-state index in [1.165, 1.54) is 13.4 Å². The fourth-order valence-electron chi connectivity index (χ4n) is 1.73. The molecule has 1 aliphatic carbocycles. The van der Waals surface area contributed by atoms with Gasteiger partial charge in [0, 0.05) is 5.92 Å². The van der Waals surface area contributed by atoms with Gasteiger partial charge in [0.1, 0.15) is 11.9 Å². The SMILES string of the molecule is COc1ncnc(C2CCC2)c1C(=O)O. The van der Waals surface area contributed by atoms with Crippen molar-refractivity contribution in [2.75, 3.05) is 7.11 Å². The maximum atomic E-state index is 11.1. The molecule has 1 aromatic heterocycles. The highest BCUT2D eigenvalue weighted by molar-refractivity contribution is 5.91. The number of carboxylic acid groups (broad SMARTS) is 1. The van der Waals surface area contributed by atoms with E-state index >= 15 is 0 Å². The Morgan fingerprint density at radius 2 is 2.27 bits per heavy atom. The first-order valence-corrected chi connectivity index (χ1v) is 4.86. The van der Waals surface area contributed by atoms with Crippen molar-refractivity contribution in [3.63, 3.8) is 0 Å². The first-order chi connectivity index (χ1) is 7.24. The highest BCUT2D eigenvalue weighted by Gasteiger charge is 2.28. The summed E-state index contributed by atoms with van der Waals surface area (Å²) < 4.78 is 4.93. The maximum absolute atomic E-state index is 11.1. The van der Waals surface area contributed by atoms with Gasteiger partial charge < -0.3 is 9.84 Å². The molecule has 0 aliphatic heterocycles. The summed E-state index contributed by atoms with van der Waals surface area (Å²) in [5.41, 5.74) is 0.727. The van der Waals surface area contributed by atoms with Gasteiger partial charge in [-0.25, -0.2) is 14.8 Å². The second-order valence-corrected chi connectivity index (χ2v) is 3.58. The van der Waals surface area contributed by atoms with Gasteiger partial charge in [-0.05, 0) is 12.8 Å². The quantitative estimate of drug-likeness (QED) is 0.813. The molecular weight excluding hydrogens is 196 g/mol. The third kappa shape index (κ3) is 1.65. The fraction of sp³-hybridized carbons (Fsp3) is 0.500. The Labute approximate surface area is 87.1 Å². The molecular formula is C10H12N2O3. The Hall–Kier alpha value is -1.65. The topological polar surface area (TPSA) is 72.3 Å². The van der Waals surface area contributed by atoms with E-state index < -0.39 is 5.97 Å². The Bertz CT molecular complexity index is 388. The Morgan fingerprint density at radius 1 is 1.53 bits per heavy atom. The molecule has 0 radical (unpaired) electrons. The van der Waals surface area contributed by atoms with Crippen LogP contribution in [0.15, 0.2) is 6.33 Å². The van der Waals surface area contributed by atoms with Crippen LogP contribution in [0.4, 0.5) is 0 Å². The number of rotatable bonds is 3. The summed E-state index contributed by atoms with van der Waals surface area (Å²) in [5, 5.41) is 9.09. The van der Waals surface area contributed by atoms with E-state index in [1.54, 1.807) is 0 Å². The standard InChI is InChI=1S/C10H12N2O3/c1-15-9-7(10(13)14)8(11-5-12-9)6-3-2-4-6/h5-6H,2-4H2,1H3,(H,13,14).